The van der Waals surface area contributed by atoms with E-state index in [1.165, 1.54) is 0 Å². The molecule has 0 spiro atoms. The smallest absolute Gasteiger partial charge is 0.169 e. The van der Waals surface area contributed by atoms with Crippen LogP contribution in [0.15, 0.2) is 24.3 Å². The van der Waals surface area contributed by atoms with E-state index in [9.17, 15) is 4.79 Å². The number of ketones is 1. The Morgan fingerprint density at radius 1 is 1.14 bits per heavy atom. The number of hydrogen-bond donors (Lipinski definition) is 0. The topological polar surface area (TPSA) is 53.4 Å². The average molecular weight is 288 g/mol. The number of Topliss-reactive ketones (excluding diaryl/α,β-unsaturated/α-hetero) is 1. The predicted octanol–water partition coefficient (Wildman–Crippen LogP) is 2.43. The first-order chi connectivity index (χ1) is 10.1. The molecule has 0 saturated carbocycles. The van der Waals surface area contributed by atoms with Crippen molar-refractivity contribution in [2.75, 3.05) is 14.2 Å². The maximum atomic E-state index is 12.4. The molecule has 0 unspecified atom stereocenters. The minimum atomic E-state index is 0.0119. The summed E-state index contributed by atoms with van der Waals surface area (Å²) in [5, 5.41) is 4.36. The summed E-state index contributed by atoms with van der Waals surface area (Å²) in [5.74, 6) is 1.23. The van der Waals surface area contributed by atoms with Crippen molar-refractivity contribution >= 4 is 5.78 Å². The van der Waals surface area contributed by atoms with Gasteiger partial charge in [0.1, 0.15) is 11.5 Å². The van der Waals surface area contributed by atoms with Crippen molar-refractivity contribution in [3.8, 4) is 11.5 Å². The SMILES string of the molecule is CCc1cc(CC(=O)c2cc(OC)cc(OC)c2)n(C)n1. The molecule has 1 aromatic carbocycles. The molecule has 112 valence electrons. The number of benzene rings is 1. The van der Waals surface area contributed by atoms with Crippen LogP contribution in [-0.4, -0.2) is 29.8 Å². The maximum Gasteiger partial charge on any atom is 0.169 e. The Kier molecular flexibility index (Phi) is 4.62. The molecule has 2 aromatic rings. The van der Waals surface area contributed by atoms with Crippen molar-refractivity contribution in [2.24, 2.45) is 7.05 Å². The summed E-state index contributed by atoms with van der Waals surface area (Å²) >= 11 is 0. The van der Waals surface area contributed by atoms with Crippen molar-refractivity contribution in [3.63, 3.8) is 0 Å². The van der Waals surface area contributed by atoms with Gasteiger partial charge in [-0.1, -0.05) is 6.92 Å². The van der Waals surface area contributed by atoms with Gasteiger partial charge in [0.05, 0.1) is 26.3 Å². The maximum absolute atomic E-state index is 12.4. The van der Waals surface area contributed by atoms with Gasteiger partial charge in [-0.3, -0.25) is 9.48 Å². The molecule has 0 N–H and O–H groups in total. The van der Waals surface area contributed by atoms with Gasteiger partial charge in [0.25, 0.3) is 0 Å². The number of ether oxygens (including phenoxy) is 2. The first-order valence-electron chi connectivity index (χ1n) is 6.85. The van der Waals surface area contributed by atoms with Gasteiger partial charge in [0.15, 0.2) is 5.78 Å². The van der Waals surface area contributed by atoms with Crippen LogP contribution >= 0.6 is 0 Å². The van der Waals surface area contributed by atoms with Gasteiger partial charge >= 0.3 is 0 Å². The van der Waals surface area contributed by atoms with Crippen LogP contribution in [0.1, 0.15) is 28.7 Å². The largest absolute Gasteiger partial charge is 0.497 e. The molecule has 0 radical (unpaired) electrons. The standard InChI is InChI=1S/C16H20N2O3/c1-5-12-8-13(18(2)17-12)9-16(19)11-6-14(20-3)10-15(7-11)21-4/h6-8,10H,5,9H2,1-4H3. The third-order valence-electron chi connectivity index (χ3n) is 3.40. The molecule has 2 rings (SSSR count). The number of hydrogen-bond acceptors (Lipinski definition) is 4. The zero-order valence-electron chi connectivity index (χ0n) is 12.8. The van der Waals surface area contributed by atoms with Crippen molar-refractivity contribution in [1.82, 2.24) is 9.78 Å². The fourth-order valence-electron chi connectivity index (χ4n) is 2.14. The Labute approximate surface area is 124 Å². The number of carbonyl (C=O) groups excluding carboxylic acids is 1. The predicted molar refractivity (Wildman–Crippen MR) is 80.2 cm³/mol. The summed E-state index contributed by atoms with van der Waals surface area (Å²) in [5.41, 5.74) is 2.47. The second kappa shape index (κ2) is 6.43. The second-order valence-corrected chi connectivity index (χ2v) is 4.81. The van der Waals surface area contributed by atoms with Crippen LogP contribution in [-0.2, 0) is 19.9 Å². The van der Waals surface area contributed by atoms with Gasteiger partial charge in [0, 0.05) is 24.4 Å². The van der Waals surface area contributed by atoms with Gasteiger partial charge in [-0.25, -0.2) is 0 Å². The summed E-state index contributed by atoms with van der Waals surface area (Å²) in [7, 11) is 4.99. The van der Waals surface area contributed by atoms with E-state index < -0.39 is 0 Å². The lowest BCUT2D eigenvalue weighted by Gasteiger charge is -2.08. The van der Waals surface area contributed by atoms with E-state index in [4.69, 9.17) is 9.47 Å². The van der Waals surface area contributed by atoms with Crippen LogP contribution in [0.3, 0.4) is 0 Å². The lowest BCUT2D eigenvalue weighted by molar-refractivity contribution is 0.0990. The molecule has 5 nitrogen and oxygen atoms in total. The number of aryl methyl sites for hydroxylation is 2. The molecule has 0 saturated heterocycles. The summed E-state index contributed by atoms with van der Waals surface area (Å²) in [6, 6.07) is 7.16. The fourth-order valence-corrected chi connectivity index (χ4v) is 2.14. The fraction of sp³-hybridized carbons (Fsp3) is 0.375. The molecule has 21 heavy (non-hydrogen) atoms. The van der Waals surface area contributed by atoms with E-state index in [0.717, 1.165) is 17.8 Å². The highest BCUT2D eigenvalue weighted by molar-refractivity contribution is 5.98. The number of carbonyl (C=O) groups is 1. The summed E-state index contributed by atoms with van der Waals surface area (Å²) in [6.45, 7) is 2.04. The van der Waals surface area contributed by atoms with E-state index in [0.29, 0.717) is 23.5 Å². The molecule has 0 aliphatic carbocycles. The Hall–Kier alpha value is -2.30. The van der Waals surface area contributed by atoms with Crippen molar-refractivity contribution < 1.29 is 14.3 Å². The molecule has 0 fully saturated rings. The molecule has 0 aliphatic heterocycles. The average Bonchev–Trinajstić information content (AvgIpc) is 2.86. The van der Waals surface area contributed by atoms with Gasteiger partial charge in [-0.05, 0) is 24.6 Å². The first-order valence-corrected chi connectivity index (χ1v) is 6.85. The van der Waals surface area contributed by atoms with Crippen LogP contribution < -0.4 is 9.47 Å². The zero-order chi connectivity index (χ0) is 15.4. The highest BCUT2D eigenvalue weighted by Crippen LogP contribution is 2.23. The lowest BCUT2D eigenvalue weighted by atomic mass is 10.1. The van der Waals surface area contributed by atoms with Crippen LogP contribution in [0.25, 0.3) is 0 Å². The molecular weight excluding hydrogens is 268 g/mol. The van der Waals surface area contributed by atoms with Gasteiger partial charge in [-0.2, -0.15) is 5.10 Å². The number of rotatable bonds is 6. The molecular formula is C16H20N2O3. The Bertz CT molecular complexity index is 625. The monoisotopic (exact) mass is 288 g/mol. The molecule has 5 heteroatoms. The van der Waals surface area contributed by atoms with Crippen LogP contribution in [0.4, 0.5) is 0 Å². The molecule has 0 aliphatic rings. The molecule has 1 aromatic heterocycles. The van der Waals surface area contributed by atoms with E-state index in [2.05, 4.69) is 5.10 Å². The third kappa shape index (κ3) is 3.42. The quantitative estimate of drug-likeness (QED) is 0.766. The first kappa shape index (κ1) is 15.1. The summed E-state index contributed by atoms with van der Waals surface area (Å²) < 4.78 is 12.1. The van der Waals surface area contributed by atoms with Gasteiger partial charge < -0.3 is 9.47 Å². The van der Waals surface area contributed by atoms with E-state index in [1.54, 1.807) is 37.1 Å². The summed E-state index contributed by atoms with van der Waals surface area (Å²) in [4.78, 5) is 12.4. The van der Waals surface area contributed by atoms with E-state index >= 15 is 0 Å². The van der Waals surface area contributed by atoms with Gasteiger partial charge in [-0.15, -0.1) is 0 Å². The van der Waals surface area contributed by atoms with Crippen molar-refractivity contribution in [3.05, 3.63) is 41.2 Å². The van der Waals surface area contributed by atoms with Crippen molar-refractivity contribution in [1.29, 1.82) is 0 Å². The van der Waals surface area contributed by atoms with Crippen LogP contribution in [0.5, 0.6) is 11.5 Å². The van der Waals surface area contributed by atoms with Crippen LogP contribution in [0, 0.1) is 0 Å². The highest BCUT2D eigenvalue weighted by atomic mass is 16.5. The van der Waals surface area contributed by atoms with Crippen LogP contribution in [0.2, 0.25) is 0 Å². The lowest BCUT2D eigenvalue weighted by Crippen LogP contribution is -2.08. The Morgan fingerprint density at radius 3 is 2.24 bits per heavy atom. The molecule has 0 amide bonds. The number of nitrogens with zero attached hydrogens (tertiary/aromatic N) is 2. The third-order valence-corrected chi connectivity index (χ3v) is 3.40. The van der Waals surface area contributed by atoms with Crippen molar-refractivity contribution in [2.45, 2.75) is 19.8 Å². The number of aromatic nitrogens is 2. The molecule has 1 heterocycles. The second-order valence-electron chi connectivity index (χ2n) is 4.81. The van der Waals surface area contributed by atoms with E-state index in [-0.39, 0.29) is 5.78 Å². The Balaban J connectivity index is 2.25. The number of methoxy groups -OCH3 is 2. The van der Waals surface area contributed by atoms with Gasteiger partial charge in [0.2, 0.25) is 0 Å². The minimum absolute atomic E-state index is 0.0119. The Morgan fingerprint density at radius 2 is 1.76 bits per heavy atom. The summed E-state index contributed by atoms with van der Waals surface area (Å²) in [6.07, 6.45) is 1.16. The molecule has 0 bridgehead atoms. The molecule has 0 atom stereocenters. The highest BCUT2D eigenvalue weighted by Gasteiger charge is 2.13. The van der Waals surface area contributed by atoms with E-state index in [1.807, 2.05) is 20.0 Å². The minimum Gasteiger partial charge on any atom is -0.497 e. The normalized spacial score (nSPS) is 10.5. The zero-order valence-corrected chi connectivity index (χ0v) is 12.8.